The molecule has 0 aromatic heterocycles. The van der Waals surface area contributed by atoms with Crippen LogP contribution in [0.4, 0.5) is 26.3 Å². The van der Waals surface area contributed by atoms with E-state index < -0.39 is 23.5 Å². The Balaban J connectivity index is 1.90. The third-order valence-corrected chi connectivity index (χ3v) is 4.92. The number of carbonyl (C=O) groups is 1. The van der Waals surface area contributed by atoms with E-state index in [9.17, 15) is 31.1 Å². The molecule has 0 N–H and O–H groups in total. The lowest BCUT2D eigenvalue weighted by atomic mass is 9.93. The zero-order chi connectivity index (χ0) is 21.7. The molecule has 0 saturated carbocycles. The predicted octanol–water partition coefficient (Wildman–Crippen LogP) is 6.88. The van der Waals surface area contributed by atoms with Gasteiger partial charge in [0.25, 0.3) is 0 Å². The SMILES string of the molecule is O=C1C(c2ccc(C(F)(F)F)cc2)=C(c2ccc(C(F)(F)F)cc2)c2ccccc21. The molecular formula is C23H12F6O. The first-order valence-corrected chi connectivity index (χ1v) is 8.81. The van der Waals surface area contributed by atoms with Crippen LogP contribution in [0.3, 0.4) is 0 Å². The summed E-state index contributed by atoms with van der Waals surface area (Å²) in [6.07, 6.45) is -9.03. The van der Waals surface area contributed by atoms with Gasteiger partial charge in [-0.1, -0.05) is 48.5 Å². The number of Topliss-reactive ketones (excluding diaryl/α,β-unsaturated/α-hetero) is 1. The summed E-state index contributed by atoms with van der Waals surface area (Å²) >= 11 is 0. The van der Waals surface area contributed by atoms with Gasteiger partial charge in [0.05, 0.1) is 11.1 Å². The Labute approximate surface area is 167 Å². The van der Waals surface area contributed by atoms with Crippen LogP contribution >= 0.6 is 0 Å². The second kappa shape index (κ2) is 6.86. The molecule has 0 saturated heterocycles. The third kappa shape index (κ3) is 3.40. The van der Waals surface area contributed by atoms with E-state index in [0.29, 0.717) is 22.3 Å². The van der Waals surface area contributed by atoms with Crippen molar-refractivity contribution < 1.29 is 31.1 Å². The van der Waals surface area contributed by atoms with Crippen molar-refractivity contribution in [3.63, 3.8) is 0 Å². The van der Waals surface area contributed by atoms with Crippen molar-refractivity contribution in [2.24, 2.45) is 0 Å². The van der Waals surface area contributed by atoms with Gasteiger partial charge in [0.1, 0.15) is 0 Å². The number of hydrogen-bond acceptors (Lipinski definition) is 1. The molecule has 4 rings (SSSR count). The highest BCUT2D eigenvalue weighted by Crippen LogP contribution is 2.43. The third-order valence-electron chi connectivity index (χ3n) is 4.92. The van der Waals surface area contributed by atoms with E-state index in [4.69, 9.17) is 0 Å². The molecule has 1 nitrogen and oxygen atoms in total. The Morgan fingerprint density at radius 1 is 0.500 bits per heavy atom. The van der Waals surface area contributed by atoms with E-state index in [1.165, 1.54) is 24.3 Å². The molecule has 0 radical (unpaired) electrons. The number of allylic oxidation sites excluding steroid dienone is 1. The molecule has 7 heteroatoms. The van der Waals surface area contributed by atoms with Crippen molar-refractivity contribution in [2.45, 2.75) is 12.4 Å². The van der Waals surface area contributed by atoms with Crippen molar-refractivity contribution in [1.29, 1.82) is 0 Å². The van der Waals surface area contributed by atoms with Crippen molar-refractivity contribution in [1.82, 2.24) is 0 Å². The zero-order valence-corrected chi connectivity index (χ0v) is 15.1. The van der Waals surface area contributed by atoms with Gasteiger partial charge in [-0.3, -0.25) is 4.79 Å². The van der Waals surface area contributed by atoms with E-state index in [0.717, 1.165) is 24.3 Å². The molecule has 0 bridgehead atoms. The second-order valence-corrected chi connectivity index (χ2v) is 6.77. The molecule has 0 fully saturated rings. The summed E-state index contributed by atoms with van der Waals surface area (Å²) in [4.78, 5) is 13.0. The second-order valence-electron chi connectivity index (χ2n) is 6.77. The number of ketones is 1. The average Bonchev–Trinajstić information content (AvgIpc) is 3.00. The van der Waals surface area contributed by atoms with Crippen molar-refractivity contribution >= 4 is 16.9 Å². The number of rotatable bonds is 2. The molecule has 0 atom stereocenters. The zero-order valence-electron chi connectivity index (χ0n) is 15.1. The maximum Gasteiger partial charge on any atom is 0.416 e. The van der Waals surface area contributed by atoms with E-state index in [1.807, 2.05) is 0 Å². The normalized spacial score (nSPS) is 14.3. The van der Waals surface area contributed by atoms with Crippen molar-refractivity contribution in [3.05, 3.63) is 106 Å². The highest BCUT2D eigenvalue weighted by Gasteiger charge is 2.34. The van der Waals surface area contributed by atoms with Gasteiger partial charge >= 0.3 is 12.4 Å². The van der Waals surface area contributed by atoms with Crippen LogP contribution in [0, 0.1) is 0 Å². The Hall–Kier alpha value is -3.35. The van der Waals surface area contributed by atoms with Gasteiger partial charge in [-0.25, -0.2) is 0 Å². The molecule has 1 aliphatic rings. The largest absolute Gasteiger partial charge is 0.416 e. The Morgan fingerprint density at radius 2 is 0.900 bits per heavy atom. The summed E-state index contributed by atoms with van der Waals surface area (Å²) < 4.78 is 77.4. The minimum atomic E-state index is -4.52. The Kier molecular flexibility index (Phi) is 4.56. The van der Waals surface area contributed by atoms with Crippen molar-refractivity contribution in [3.8, 4) is 0 Å². The van der Waals surface area contributed by atoms with Crippen LogP contribution in [0.25, 0.3) is 11.1 Å². The molecule has 0 spiro atoms. The van der Waals surface area contributed by atoms with Crippen LogP contribution in [0.2, 0.25) is 0 Å². The summed E-state index contributed by atoms with van der Waals surface area (Å²) in [6.45, 7) is 0. The number of benzene rings is 3. The molecule has 0 unspecified atom stereocenters. The van der Waals surface area contributed by atoms with E-state index in [-0.39, 0.29) is 16.9 Å². The van der Waals surface area contributed by atoms with Crippen LogP contribution in [0.15, 0.2) is 72.8 Å². The lowest BCUT2D eigenvalue weighted by Gasteiger charge is -2.12. The summed E-state index contributed by atoms with van der Waals surface area (Å²) in [7, 11) is 0. The minimum absolute atomic E-state index is 0.157. The maximum atomic E-state index is 13.0. The fourth-order valence-corrected chi connectivity index (χ4v) is 3.51. The highest BCUT2D eigenvalue weighted by atomic mass is 19.4. The number of hydrogen-bond donors (Lipinski definition) is 0. The lowest BCUT2D eigenvalue weighted by Crippen LogP contribution is -2.05. The van der Waals surface area contributed by atoms with Crippen molar-refractivity contribution in [2.75, 3.05) is 0 Å². The fraction of sp³-hybridized carbons (Fsp3) is 0.0870. The summed E-state index contributed by atoms with van der Waals surface area (Å²) in [6, 6.07) is 15.1. The minimum Gasteiger partial charge on any atom is -0.289 e. The smallest absolute Gasteiger partial charge is 0.289 e. The molecular weight excluding hydrogens is 406 g/mol. The standard InChI is InChI=1S/C23H12F6O/c24-22(25,26)15-9-5-13(6-10-15)19-17-3-1-2-4-18(17)21(30)20(19)14-7-11-16(12-8-14)23(27,28)29/h1-12H. The Bertz CT molecular complexity index is 1150. The summed E-state index contributed by atoms with van der Waals surface area (Å²) in [5.74, 6) is -0.389. The maximum absolute atomic E-state index is 13.0. The van der Waals surface area contributed by atoms with E-state index >= 15 is 0 Å². The number of fused-ring (bicyclic) bond motifs is 1. The molecule has 3 aromatic rings. The molecule has 3 aromatic carbocycles. The van der Waals surface area contributed by atoms with E-state index in [1.54, 1.807) is 24.3 Å². The first-order valence-electron chi connectivity index (χ1n) is 8.81. The summed E-state index contributed by atoms with van der Waals surface area (Å²) in [5.41, 5.74) is 0.370. The van der Waals surface area contributed by atoms with Gasteiger partial charge in [0, 0.05) is 16.7 Å². The first kappa shape index (κ1) is 19.9. The van der Waals surface area contributed by atoms with Crippen LogP contribution in [-0.4, -0.2) is 5.78 Å². The monoisotopic (exact) mass is 418 g/mol. The van der Waals surface area contributed by atoms with Crippen LogP contribution in [0.5, 0.6) is 0 Å². The molecule has 0 heterocycles. The van der Waals surface area contributed by atoms with Gasteiger partial charge in [-0.15, -0.1) is 0 Å². The molecule has 1 aliphatic carbocycles. The van der Waals surface area contributed by atoms with Crippen LogP contribution in [0.1, 0.15) is 38.2 Å². The number of carbonyl (C=O) groups excluding carboxylic acids is 1. The quantitative estimate of drug-likeness (QED) is 0.415. The van der Waals surface area contributed by atoms with Crippen LogP contribution < -0.4 is 0 Å². The Morgan fingerprint density at radius 3 is 1.33 bits per heavy atom. The predicted molar refractivity (Wildman–Crippen MR) is 99.6 cm³/mol. The lowest BCUT2D eigenvalue weighted by molar-refractivity contribution is -0.138. The number of alkyl halides is 6. The number of halogens is 6. The topological polar surface area (TPSA) is 17.1 Å². The molecule has 152 valence electrons. The molecule has 0 aliphatic heterocycles. The fourth-order valence-electron chi connectivity index (χ4n) is 3.51. The highest BCUT2D eigenvalue weighted by molar-refractivity contribution is 6.41. The van der Waals surface area contributed by atoms with Gasteiger partial charge in [-0.05, 0) is 41.0 Å². The molecule has 30 heavy (non-hydrogen) atoms. The van der Waals surface area contributed by atoms with Crippen LogP contribution in [-0.2, 0) is 12.4 Å². The van der Waals surface area contributed by atoms with Gasteiger partial charge in [-0.2, -0.15) is 26.3 Å². The first-order chi connectivity index (χ1) is 14.1. The molecule has 0 amide bonds. The van der Waals surface area contributed by atoms with Gasteiger partial charge in [0.15, 0.2) is 5.78 Å². The van der Waals surface area contributed by atoms with E-state index in [2.05, 4.69) is 0 Å². The van der Waals surface area contributed by atoms with Gasteiger partial charge in [0.2, 0.25) is 0 Å². The van der Waals surface area contributed by atoms with Gasteiger partial charge < -0.3 is 0 Å². The average molecular weight is 418 g/mol. The summed E-state index contributed by atoms with van der Waals surface area (Å²) in [5, 5.41) is 0.